The summed E-state index contributed by atoms with van der Waals surface area (Å²) in [4.78, 5) is 12.7. The van der Waals surface area contributed by atoms with Crippen LogP contribution in [0.25, 0.3) is 0 Å². The molecule has 2 amide bonds. The molecule has 2 N–H and O–H groups in total. The van der Waals surface area contributed by atoms with Crippen LogP contribution in [0.2, 0.25) is 0 Å². The summed E-state index contributed by atoms with van der Waals surface area (Å²) in [5.74, 6) is 0.404. The number of nitrogens with zero attached hydrogens (tertiary/aromatic N) is 1. The van der Waals surface area contributed by atoms with Gasteiger partial charge in [0.05, 0.1) is 0 Å². The van der Waals surface area contributed by atoms with Crippen LogP contribution < -0.4 is 10.0 Å². The number of carbonyl (C=O) groups excluding carboxylic acids is 1. The minimum absolute atomic E-state index is 0.202. The Morgan fingerprint density at radius 2 is 1.10 bits per heavy atom. The summed E-state index contributed by atoms with van der Waals surface area (Å²) < 4.78 is 28.9. The van der Waals surface area contributed by atoms with Gasteiger partial charge in [-0.05, 0) is 29.4 Å². The van der Waals surface area contributed by atoms with Gasteiger partial charge in [-0.3, -0.25) is 0 Å². The Morgan fingerprint density at radius 1 is 0.718 bits per heavy atom. The number of amides is 2. The molecule has 226 valence electrons. The number of benzene rings is 1. The fraction of sp³-hybridized carbons (Fsp3) is 0.781. The Morgan fingerprint density at radius 3 is 1.49 bits per heavy atom. The van der Waals surface area contributed by atoms with Crippen molar-refractivity contribution >= 4 is 21.9 Å². The van der Waals surface area contributed by atoms with Crippen molar-refractivity contribution in [2.45, 2.75) is 149 Å². The first-order chi connectivity index (χ1) is 18.6. The monoisotopic (exact) mass is 565 g/mol. The third-order valence-electron chi connectivity index (χ3n) is 7.57. The lowest BCUT2D eigenvalue weighted by molar-refractivity contribution is 0.256. The quantitative estimate of drug-likeness (QED) is 0.137. The van der Waals surface area contributed by atoms with Crippen LogP contribution in [0.1, 0.15) is 160 Å². The Bertz CT molecular complexity index is 874. The average Bonchev–Trinajstić information content (AvgIpc) is 2.87. The van der Waals surface area contributed by atoms with Gasteiger partial charge in [0.2, 0.25) is 0 Å². The van der Waals surface area contributed by atoms with Gasteiger partial charge >= 0.3 is 16.2 Å². The second-order valence-electron chi connectivity index (χ2n) is 11.8. The minimum atomic E-state index is -3.90. The zero-order valence-corrected chi connectivity index (χ0v) is 26.8. The molecule has 0 heterocycles. The number of carbonyl (C=O) groups is 1. The van der Waals surface area contributed by atoms with E-state index in [1.54, 1.807) is 0 Å². The summed E-state index contributed by atoms with van der Waals surface area (Å²) in [5.41, 5.74) is 2.70. The molecular weight excluding hydrogens is 506 g/mol. The largest absolute Gasteiger partial charge is 0.333 e. The maximum atomic E-state index is 12.7. The molecule has 1 aromatic rings. The molecule has 0 aliphatic heterocycles. The molecule has 0 spiro atoms. The Labute approximate surface area is 241 Å². The van der Waals surface area contributed by atoms with Crippen LogP contribution in [0.4, 0.5) is 10.5 Å². The predicted molar refractivity (Wildman–Crippen MR) is 168 cm³/mol. The van der Waals surface area contributed by atoms with Crippen molar-refractivity contribution in [2.75, 3.05) is 18.9 Å². The molecular formula is C32H59N3O3S. The molecule has 0 aliphatic carbocycles. The van der Waals surface area contributed by atoms with E-state index in [0.717, 1.165) is 30.4 Å². The summed E-state index contributed by atoms with van der Waals surface area (Å²) in [6.45, 7) is 10.9. The highest BCUT2D eigenvalue weighted by molar-refractivity contribution is 7.87. The van der Waals surface area contributed by atoms with E-state index in [4.69, 9.17) is 0 Å². The predicted octanol–water partition coefficient (Wildman–Crippen LogP) is 9.49. The zero-order valence-electron chi connectivity index (χ0n) is 26.0. The molecule has 6 nitrogen and oxygen atoms in total. The van der Waals surface area contributed by atoms with Crippen molar-refractivity contribution in [1.29, 1.82) is 0 Å². The zero-order chi connectivity index (χ0) is 29.1. The maximum absolute atomic E-state index is 12.7. The van der Waals surface area contributed by atoms with E-state index in [-0.39, 0.29) is 11.8 Å². The molecule has 0 aliphatic rings. The number of urea groups is 1. The van der Waals surface area contributed by atoms with Gasteiger partial charge in [-0.25, -0.2) is 9.52 Å². The number of nitrogens with one attached hydrogen (secondary N) is 2. The average molecular weight is 566 g/mol. The molecule has 0 fully saturated rings. The molecule has 0 saturated carbocycles. The van der Waals surface area contributed by atoms with E-state index >= 15 is 0 Å². The summed E-state index contributed by atoms with van der Waals surface area (Å²) in [6.07, 6.45) is 20.5. The molecule has 1 aromatic carbocycles. The lowest BCUT2D eigenvalue weighted by Gasteiger charge is -2.22. The lowest BCUT2D eigenvalue weighted by atomic mass is 9.93. The van der Waals surface area contributed by atoms with Gasteiger partial charge in [0.1, 0.15) is 0 Å². The first-order valence-electron chi connectivity index (χ1n) is 15.8. The van der Waals surface area contributed by atoms with Crippen LogP contribution in [0.3, 0.4) is 0 Å². The summed E-state index contributed by atoms with van der Waals surface area (Å²) in [5, 5.41) is 2.82. The van der Waals surface area contributed by atoms with Crippen LogP contribution in [0.5, 0.6) is 0 Å². The number of unbranched alkanes of at least 4 members (excludes halogenated alkanes) is 15. The lowest BCUT2D eigenvalue weighted by Crippen LogP contribution is -2.43. The molecule has 0 aromatic heterocycles. The minimum Gasteiger partial charge on any atom is -0.307 e. The van der Waals surface area contributed by atoms with Gasteiger partial charge in [-0.15, -0.1) is 0 Å². The summed E-state index contributed by atoms with van der Waals surface area (Å²) in [6, 6.07) is 5.22. The van der Waals surface area contributed by atoms with Crippen LogP contribution in [-0.4, -0.2) is 32.3 Å². The van der Waals surface area contributed by atoms with Crippen LogP contribution in [0, 0.1) is 0 Å². The number of anilines is 1. The third kappa shape index (κ3) is 15.1. The first-order valence-corrected chi connectivity index (χ1v) is 17.2. The number of hydrogen-bond donors (Lipinski definition) is 2. The SMILES string of the molecule is CCCCCCCCCCCCCCCCCCN(C)S(=O)(=O)NC(=O)Nc1c(C(C)C)cccc1C(C)C. The number of hydrogen-bond acceptors (Lipinski definition) is 3. The molecule has 0 atom stereocenters. The van der Waals surface area contributed by atoms with E-state index in [0.29, 0.717) is 12.2 Å². The molecule has 7 heteroatoms. The highest BCUT2D eigenvalue weighted by atomic mass is 32.2. The normalized spacial score (nSPS) is 12.0. The standard InChI is InChI=1S/C32H59N3O3S/c1-7-8-9-10-11-12-13-14-15-16-17-18-19-20-21-22-26-35(6)39(37,38)34-32(36)33-31-29(27(2)3)24-23-25-30(31)28(4)5/h23-25,27-28H,7-22,26H2,1-6H3,(H2,33,34,36). The topological polar surface area (TPSA) is 78.5 Å². The molecule has 0 radical (unpaired) electrons. The van der Waals surface area contributed by atoms with Crippen LogP contribution >= 0.6 is 0 Å². The second-order valence-corrected chi connectivity index (χ2v) is 13.6. The van der Waals surface area contributed by atoms with E-state index < -0.39 is 16.2 Å². The van der Waals surface area contributed by atoms with Crippen molar-refractivity contribution in [3.05, 3.63) is 29.3 Å². The van der Waals surface area contributed by atoms with Gasteiger partial charge in [0, 0.05) is 19.3 Å². The molecule has 39 heavy (non-hydrogen) atoms. The van der Waals surface area contributed by atoms with Crippen molar-refractivity contribution in [2.24, 2.45) is 0 Å². The fourth-order valence-electron chi connectivity index (χ4n) is 5.03. The van der Waals surface area contributed by atoms with Crippen molar-refractivity contribution < 1.29 is 13.2 Å². The fourth-order valence-corrected chi connectivity index (χ4v) is 5.84. The Hall–Kier alpha value is -1.60. The third-order valence-corrected chi connectivity index (χ3v) is 9.02. The molecule has 0 unspecified atom stereocenters. The highest BCUT2D eigenvalue weighted by Crippen LogP contribution is 2.32. The van der Waals surface area contributed by atoms with Gasteiger partial charge in [0.25, 0.3) is 0 Å². The van der Waals surface area contributed by atoms with Crippen molar-refractivity contribution in [3.63, 3.8) is 0 Å². The highest BCUT2D eigenvalue weighted by Gasteiger charge is 2.22. The number of para-hydroxylation sites is 1. The van der Waals surface area contributed by atoms with Crippen molar-refractivity contribution in [3.8, 4) is 0 Å². The number of rotatable bonds is 22. The maximum Gasteiger partial charge on any atom is 0.333 e. The van der Waals surface area contributed by atoms with Crippen LogP contribution in [0.15, 0.2) is 18.2 Å². The first kappa shape index (κ1) is 35.4. The molecule has 0 bridgehead atoms. The Kier molecular flexibility index (Phi) is 18.4. The van der Waals surface area contributed by atoms with Gasteiger partial charge < -0.3 is 5.32 Å². The van der Waals surface area contributed by atoms with Crippen molar-refractivity contribution in [1.82, 2.24) is 9.03 Å². The molecule has 0 saturated heterocycles. The van der Waals surface area contributed by atoms with Gasteiger partial charge in [0.15, 0.2) is 0 Å². The second kappa shape index (κ2) is 20.3. The van der Waals surface area contributed by atoms with E-state index in [1.807, 2.05) is 18.2 Å². The van der Waals surface area contributed by atoms with E-state index in [9.17, 15) is 13.2 Å². The van der Waals surface area contributed by atoms with E-state index in [2.05, 4.69) is 44.7 Å². The smallest absolute Gasteiger partial charge is 0.307 e. The molecule has 1 rings (SSSR count). The van der Waals surface area contributed by atoms with Gasteiger partial charge in [-0.1, -0.05) is 149 Å². The van der Waals surface area contributed by atoms with Gasteiger partial charge in [-0.2, -0.15) is 12.7 Å². The van der Waals surface area contributed by atoms with Crippen LogP contribution in [-0.2, 0) is 10.2 Å². The Balaban J connectivity index is 2.23. The van der Waals surface area contributed by atoms with E-state index in [1.165, 1.54) is 94.8 Å². The summed E-state index contributed by atoms with van der Waals surface area (Å²) >= 11 is 0. The summed E-state index contributed by atoms with van der Waals surface area (Å²) in [7, 11) is -2.37.